The third kappa shape index (κ3) is 1.73. The van der Waals surface area contributed by atoms with Crippen LogP contribution in [0.4, 0.5) is 0 Å². The highest BCUT2D eigenvalue weighted by molar-refractivity contribution is 7.14. The molecule has 0 fully saturated rings. The number of carbonyl (C=O) groups is 1. The molecule has 0 N–H and O–H groups in total. The molecule has 0 unspecified atom stereocenters. The molecule has 0 atom stereocenters. The van der Waals surface area contributed by atoms with E-state index >= 15 is 0 Å². The third-order valence-corrected chi connectivity index (χ3v) is 2.25. The van der Waals surface area contributed by atoms with Crippen LogP contribution in [0.3, 0.4) is 0 Å². The summed E-state index contributed by atoms with van der Waals surface area (Å²) in [5, 5.41) is 3.65. The van der Waals surface area contributed by atoms with Gasteiger partial charge in [-0.05, 0) is 6.92 Å². The van der Waals surface area contributed by atoms with Gasteiger partial charge in [0.2, 0.25) is 4.96 Å². The maximum Gasteiger partial charge on any atom is 0.357 e. The minimum absolute atomic E-state index is 0.000463. The summed E-state index contributed by atoms with van der Waals surface area (Å²) in [5.74, 6) is -0.606. The van der Waals surface area contributed by atoms with Crippen molar-refractivity contribution in [1.82, 2.24) is 14.6 Å². The van der Waals surface area contributed by atoms with Crippen LogP contribution in [0.5, 0.6) is 0 Å². The van der Waals surface area contributed by atoms with Crippen molar-refractivity contribution in [2.24, 2.45) is 0 Å². The van der Waals surface area contributed by atoms with E-state index in [-0.39, 0.29) is 12.3 Å². The number of ether oxygens (including phenoxy) is 1. The van der Waals surface area contributed by atoms with Crippen molar-refractivity contribution in [3.8, 4) is 0 Å². The fraction of sp³-hybridized carbons (Fsp3) is 0.250. The number of hydrogen-bond donors (Lipinski definition) is 0. The summed E-state index contributed by atoms with van der Waals surface area (Å²) in [6.45, 7) is 1.93. The lowest BCUT2D eigenvalue weighted by Crippen LogP contribution is -2.18. The highest BCUT2D eigenvalue weighted by Crippen LogP contribution is 2.04. The molecular formula is C8H6N3O3S. The van der Waals surface area contributed by atoms with Gasteiger partial charge in [-0.25, -0.2) is 9.78 Å². The molecule has 0 saturated carbocycles. The Balaban J connectivity index is 2.54. The van der Waals surface area contributed by atoms with Gasteiger partial charge in [-0.1, -0.05) is 11.3 Å². The molecular weight excluding hydrogens is 218 g/mol. The van der Waals surface area contributed by atoms with Crippen LogP contribution in [0.15, 0.2) is 10.9 Å². The number of fused-ring (bicyclic) bond motifs is 1. The van der Waals surface area contributed by atoms with Gasteiger partial charge in [-0.2, -0.15) is 4.52 Å². The summed E-state index contributed by atoms with van der Waals surface area (Å²) >= 11 is 1.06. The average molecular weight is 224 g/mol. The minimum atomic E-state index is -0.606. The van der Waals surface area contributed by atoms with Crippen LogP contribution in [0, 0.1) is 5.51 Å². The molecule has 0 aliphatic carbocycles. The molecule has 2 rings (SSSR count). The number of hydrogen-bond acceptors (Lipinski definition) is 6. The second kappa shape index (κ2) is 3.77. The topological polar surface area (TPSA) is 73.6 Å². The predicted molar refractivity (Wildman–Crippen MR) is 51.9 cm³/mol. The lowest BCUT2D eigenvalue weighted by molar-refractivity contribution is 0.0519. The van der Waals surface area contributed by atoms with Gasteiger partial charge < -0.3 is 4.74 Å². The summed E-state index contributed by atoms with van der Waals surface area (Å²) < 4.78 is 5.81. The Bertz CT molecular complexity index is 560. The van der Waals surface area contributed by atoms with Crippen LogP contribution in [0.25, 0.3) is 4.96 Å². The lowest BCUT2D eigenvalue weighted by Gasteiger charge is -1.99. The molecule has 2 aromatic rings. The van der Waals surface area contributed by atoms with Crippen LogP contribution >= 0.6 is 11.3 Å². The van der Waals surface area contributed by atoms with E-state index in [2.05, 4.69) is 15.6 Å². The van der Waals surface area contributed by atoms with E-state index in [4.69, 9.17) is 4.74 Å². The van der Waals surface area contributed by atoms with E-state index in [0.29, 0.717) is 4.96 Å². The zero-order chi connectivity index (χ0) is 10.8. The molecule has 0 bridgehead atoms. The van der Waals surface area contributed by atoms with Gasteiger partial charge in [0.1, 0.15) is 0 Å². The van der Waals surface area contributed by atoms with E-state index in [0.717, 1.165) is 21.9 Å². The molecule has 6 nitrogen and oxygen atoms in total. The number of carbonyl (C=O) groups excluding carboxylic acids is 1. The van der Waals surface area contributed by atoms with Gasteiger partial charge in [-0.3, -0.25) is 4.79 Å². The zero-order valence-corrected chi connectivity index (χ0v) is 8.58. The van der Waals surface area contributed by atoms with E-state index in [1.165, 1.54) is 0 Å². The normalized spacial score (nSPS) is 10.5. The summed E-state index contributed by atoms with van der Waals surface area (Å²) in [4.78, 5) is 27.0. The summed E-state index contributed by atoms with van der Waals surface area (Å²) in [5.41, 5.74) is 2.10. The van der Waals surface area contributed by atoms with Gasteiger partial charge in [-0.15, -0.1) is 5.10 Å². The van der Waals surface area contributed by atoms with Gasteiger partial charge in [0.15, 0.2) is 11.2 Å². The Labute approximate surface area is 88.1 Å². The van der Waals surface area contributed by atoms with Crippen LogP contribution in [-0.2, 0) is 4.74 Å². The Morgan fingerprint density at radius 3 is 3.27 bits per heavy atom. The van der Waals surface area contributed by atoms with Gasteiger partial charge in [0, 0.05) is 6.07 Å². The van der Waals surface area contributed by atoms with Crippen molar-refractivity contribution in [2.45, 2.75) is 6.92 Å². The third-order valence-electron chi connectivity index (χ3n) is 1.63. The van der Waals surface area contributed by atoms with Gasteiger partial charge >= 0.3 is 5.97 Å². The van der Waals surface area contributed by atoms with Crippen molar-refractivity contribution >= 4 is 22.3 Å². The molecule has 0 spiro atoms. The predicted octanol–water partition coefficient (Wildman–Crippen LogP) is 0.128. The number of rotatable bonds is 2. The fourth-order valence-corrected chi connectivity index (χ4v) is 1.59. The van der Waals surface area contributed by atoms with Gasteiger partial charge in [0.05, 0.1) is 6.61 Å². The first-order valence-corrected chi connectivity index (χ1v) is 4.98. The molecule has 0 saturated heterocycles. The Morgan fingerprint density at radius 1 is 1.73 bits per heavy atom. The molecule has 2 heterocycles. The first kappa shape index (κ1) is 9.78. The Kier molecular flexibility index (Phi) is 2.46. The number of nitrogens with zero attached hydrogens (tertiary/aromatic N) is 3. The van der Waals surface area contributed by atoms with Crippen molar-refractivity contribution in [1.29, 1.82) is 0 Å². The van der Waals surface area contributed by atoms with Crippen molar-refractivity contribution in [3.05, 3.63) is 27.6 Å². The van der Waals surface area contributed by atoms with Crippen LogP contribution in [0.1, 0.15) is 17.4 Å². The molecule has 15 heavy (non-hydrogen) atoms. The van der Waals surface area contributed by atoms with Gasteiger partial charge in [0.25, 0.3) is 5.56 Å². The van der Waals surface area contributed by atoms with E-state index < -0.39 is 11.5 Å². The van der Waals surface area contributed by atoms with Crippen LogP contribution in [-0.4, -0.2) is 27.2 Å². The first-order chi connectivity index (χ1) is 7.22. The molecule has 0 amide bonds. The standard InChI is InChI=1S/C8H6N3O3S/c1-2-14-7(13)5-3-6(12)11-8(10-5)15-4-9-11/h3H,2H2,1H3. The first-order valence-electron chi connectivity index (χ1n) is 4.16. The quantitative estimate of drug-likeness (QED) is 0.678. The summed E-state index contributed by atoms with van der Waals surface area (Å²) in [7, 11) is 0. The molecule has 77 valence electrons. The Hall–Kier alpha value is -1.76. The SMILES string of the molecule is CCOC(=O)c1cc(=O)n2n[c]sc2n1. The van der Waals surface area contributed by atoms with Crippen molar-refractivity contribution in [2.75, 3.05) is 6.61 Å². The lowest BCUT2D eigenvalue weighted by atomic mass is 10.4. The molecule has 1 radical (unpaired) electrons. The second-order valence-corrected chi connectivity index (χ2v) is 3.34. The minimum Gasteiger partial charge on any atom is -0.461 e. The van der Waals surface area contributed by atoms with E-state index in [1.807, 2.05) is 0 Å². The van der Waals surface area contributed by atoms with Crippen molar-refractivity contribution < 1.29 is 9.53 Å². The number of esters is 1. The average Bonchev–Trinajstić information content (AvgIpc) is 2.66. The van der Waals surface area contributed by atoms with E-state index in [1.54, 1.807) is 6.92 Å². The molecule has 7 heteroatoms. The monoisotopic (exact) mass is 224 g/mol. The summed E-state index contributed by atoms with van der Waals surface area (Å²) in [6, 6.07) is 1.10. The fourth-order valence-electron chi connectivity index (χ4n) is 1.02. The second-order valence-electron chi connectivity index (χ2n) is 2.59. The molecule has 0 aromatic carbocycles. The van der Waals surface area contributed by atoms with Crippen molar-refractivity contribution in [3.63, 3.8) is 0 Å². The number of aromatic nitrogens is 3. The highest BCUT2D eigenvalue weighted by atomic mass is 32.1. The molecule has 0 aliphatic rings. The maximum atomic E-state index is 11.4. The molecule has 0 aliphatic heterocycles. The van der Waals surface area contributed by atoms with E-state index in [9.17, 15) is 9.59 Å². The zero-order valence-electron chi connectivity index (χ0n) is 7.76. The summed E-state index contributed by atoms with van der Waals surface area (Å²) in [6.07, 6.45) is 0. The highest BCUT2D eigenvalue weighted by Gasteiger charge is 2.12. The van der Waals surface area contributed by atoms with Crippen LogP contribution in [0.2, 0.25) is 0 Å². The maximum absolute atomic E-state index is 11.4. The van der Waals surface area contributed by atoms with Crippen LogP contribution < -0.4 is 5.56 Å². The largest absolute Gasteiger partial charge is 0.461 e. The smallest absolute Gasteiger partial charge is 0.357 e. The Morgan fingerprint density at radius 2 is 2.53 bits per heavy atom. The molecule has 2 aromatic heterocycles.